The third-order valence-electron chi connectivity index (χ3n) is 10.5. The van der Waals surface area contributed by atoms with Crippen molar-refractivity contribution in [3.63, 3.8) is 0 Å². The van der Waals surface area contributed by atoms with Gasteiger partial charge in [0.2, 0.25) is 11.0 Å². The minimum absolute atomic E-state index is 0.0430. The largest absolute Gasteiger partial charge is 0.420 e. The molecular formula is C44H68ClF3N8O19P2. The average molecular weight is 1170 g/mol. The Kier molecular flexibility index (Phi) is 31.0. The normalized spacial score (nSPS) is 18.0. The van der Waals surface area contributed by atoms with E-state index in [0.717, 1.165) is 20.4 Å². The number of rotatable bonds is 43. The van der Waals surface area contributed by atoms with Gasteiger partial charge in [0, 0.05) is 58.3 Å². The van der Waals surface area contributed by atoms with Crippen molar-refractivity contribution < 1.29 is 103 Å². The van der Waals surface area contributed by atoms with Crippen molar-refractivity contribution in [2.75, 3.05) is 169 Å². The number of nitrogens with zero attached hydrogens (tertiary/aromatic N) is 5. The Bertz CT molecular complexity index is 2220. The van der Waals surface area contributed by atoms with Gasteiger partial charge in [-0.15, -0.1) is 0 Å². The number of hydrazone groups is 1. The van der Waals surface area contributed by atoms with E-state index in [1.807, 2.05) is 4.90 Å². The van der Waals surface area contributed by atoms with Gasteiger partial charge < -0.3 is 97.1 Å². The molecule has 2 fully saturated rings. The highest BCUT2D eigenvalue weighted by Crippen LogP contribution is 2.60. The summed E-state index contributed by atoms with van der Waals surface area (Å²) >= 11 is 6.25. The van der Waals surface area contributed by atoms with E-state index in [1.165, 1.54) is 6.21 Å². The van der Waals surface area contributed by atoms with Crippen LogP contribution in [0.4, 0.5) is 24.8 Å². The van der Waals surface area contributed by atoms with E-state index < -0.39 is 75.3 Å². The highest BCUT2D eigenvalue weighted by Gasteiger charge is 2.40. The zero-order valence-electron chi connectivity index (χ0n) is 42.6. The topological polar surface area (TPSA) is 337 Å². The molecule has 0 aliphatic carbocycles. The van der Waals surface area contributed by atoms with Gasteiger partial charge in [-0.1, -0.05) is 0 Å². The molecule has 27 nitrogen and oxygen atoms in total. The molecule has 436 valence electrons. The second-order valence-electron chi connectivity index (χ2n) is 16.2. The highest BCUT2D eigenvalue weighted by molar-refractivity contribution is 7.70. The van der Waals surface area contributed by atoms with Crippen LogP contribution in [0.2, 0.25) is 5.28 Å². The fourth-order valence-electron chi connectivity index (χ4n) is 6.61. The first-order valence-corrected chi connectivity index (χ1v) is 27.9. The number of ether oxygens (including phenoxy) is 11. The predicted molar refractivity (Wildman–Crippen MR) is 270 cm³/mol. The Morgan fingerprint density at radius 3 is 1.97 bits per heavy atom. The molecule has 2 aliphatic heterocycles. The number of carbonyl (C=O) groups is 1. The molecule has 2 aromatic rings. The summed E-state index contributed by atoms with van der Waals surface area (Å²) in [4.78, 5) is 36.5. The number of anilines is 2. The number of aliphatic hydroxyl groups is 1. The maximum absolute atomic E-state index is 13.6. The summed E-state index contributed by atoms with van der Waals surface area (Å²) < 4.78 is 139. The van der Waals surface area contributed by atoms with Crippen LogP contribution in [0.15, 0.2) is 22.2 Å². The summed E-state index contributed by atoms with van der Waals surface area (Å²) in [6.45, 7) is 5.72. The van der Waals surface area contributed by atoms with Crippen LogP contribution in [0.25, 0.3) is 0 Å². The minimum Gasteiger partial charge on any atom is -0.420 e. The van der Waals surface area contributed by atoms with E-state index >= 15 is 0 Å². The molecule has 4 rings (SSSR count). The van der Waals surface area contributed by atoms with Crippen LogP contribution in [0.1, 0.15) is 18.4 Å². The summed E-state index contributed by atoms with van der Waals surface area (Å²) in [6.07, 6.45) is -0.729. The molecule has 1 aromatic carbocycles. The van der Waals surface area contributed by atoms with E-state index in [9.17, 15) is 37.1 Å². The van der Waals surface area contributed by atoms with Crippen LogP contribution in [0.3, 0.4) is 0 Å². The first-order valence-electron chi connectivity index (χ1n) is 24.0. The van der Waals surface area contributed by atoms with Gasteiger partial charge in [0.05, 0.1) is 150 Å². The van der Waals surface area contributed by atoms with E-state index in [-0.39, 0.29) is 56.5 Å². The Morgan fingerprint density at radius 2 is 1.42 bits per heavy atom. The Labute approximate surface area is 447 Å². The van der Waals surface area contributed by atoms with Crippen molar-refractivity contribution in [3.05, 3.63) is 40.4 Å². The van der Waals surface area contributed by atoms with E-state index in [1.54, 1.807) is 0 Å². The van der Waals surface area contributed by atoms with Crippen LogP contribution in [-0.4, -0.2) is 227 Å². The van der Waals surface area contributed by atoms with E-state index in [4.69, 9.17) is 83.8 Å². The number of hydrogen-bond donors (Lipinski definition) is 5. The number of esters is 1. The summed E-state index contributed by atoms with van der Waals surface area (Å²) in [5, 5.41) is 25.2. The van der Waals surface area contributed by atoms with Crippen molar-refractivity contribution in [3.8, 4) is 5.75 Å². The molecule has 4 atom stereocenters. The lowest BCUT2D eigenvalue weighted by molar-refractivity contribution is -0.136. The minimum atomic E-state index is -4.44. The van der Waals surface area contributed by atoms with Crippen LogP contribution >= 0.6 is 26.8 Å². The zero-order chi connectivity index (χ0) is 55.9. The number of hydrogen-bond acceptors (Lipinski definition) is 26. The average Bonchev–Trinajstić information content (AvgIpc) is 3.73. The van der Waals surface area contributed by atoms with Crippen molar-refractivity contribution in [1.29, 1.82) is 5.41 Å². The Morgan fingerprint density at radius 1 is 0.870 bits per heavy atom. The summed E-state index contributed by atoms with van der Waals surface area (Å²) in [7, 11) is -6.13. The number of benzene rings is 1. The third-order valence-corrected chi connectivity index (χ3v) is 15.2. The standard InChI is InChI=1S/C44H68ClF3N8O19P2/c1-62-77(61,63-2)30-76(59,60)73-29-38-37(57)23-39(74-38)52-42-34(24-49)43(54-44(45)53-42)56-26-33(27-56)72-20-19-70-16-15-68-13-14-69-17-18-71-28-32(55-50)25-51-4-6-65-8-10-67-12-11-66-9-7-64-5-3-40(58)75-41-35(47)21-31(46)22-36(41)48/h21-22,24-25,33,37-39,49,57H,3-20,23,26-30,50H2,1-2H3,(H,59,60)(H,52,53,54)/t37-,38+,39+/m0/s1. The van der Waals surface area contributed by atoms with Gasteiger partial charge in [-0.05, 0) is 11.6 Å². The molecule has 0 spiro atoms. The molecule has 6 N–H and O–H groups in total. The quantitative estimate of drug-likeness (QED) is 0.00931. The third kappa shape index (κ3) is 25.4. The molecule has 0 bridgehead atoms. The highest BCUT2D eigenvalue weighted by atomic mass is 35.5. The van der Waals surface area contributed by atoms with Crippen LogP contribution in [0.5, 0.6) is 5.75 Å². The van der Waals surface area contributed by atoms with E-state index in [2.05, 4.69) is 30.1 Å². The van der Waals surface area contributed by atoms with Crippen LogP contribution in [0, 0.1) is 22.9 Å². The van der Waals surface area contributed by atoms with Gasteiger partial charge in [0.1, 0.15) is 35.5 Å². The maximum Gasteiger partial charge on any atom is 0.342 e. The molecule has 33 heteroatoms. The van der Waals surface area contributed by atoms with Crippen molar-refractivity contribution in [2.24, 2.45) is 15.9 Å². The lowest BCUT2D eigenvalue weighted by Crippen LogP contribution is -2.53. The Hall–Kier alpha value is -3.88. The number of nitrogens with one attached hydrogen (secondary N) is 2. The van der Waals surface area contributed by atoms with Gasteiger partial charge in [-0.3, -0.25) is 18.9 Å². The van der Waals surface area contributed by atoms with E-state index in [0.29, 0.717) is 135 Å². The molecule has 2 aliphatic rings. The fourth-order valence-corrected chi connectivity index (χ4v) is 10.3. The molecule has 0 amide bonds. The number of halogens is 4. The van der Waals surface area contributed by atoms with Gasteiger partial charge in [-0.25, -0.2) is 13.2 Å². The van der Waals surface area contributed by atoms with Gasteiger partial charge in [-0.2, -0.15) is 15.1 Å². The van der Waals surface area contributed by atoms with Gasteiger partial charge in [0.25, 0.3) is 0 Å². The predicted octanol–water partition coefficient (Wildman–Crippen LogP) is 2.80. The number of aliphatic imine (C=N–C) groups is 1. The second kappa shape index (κ2) is 36.4. The molecular weight excluding hydrogens is 1100 g/mol. The monoisotopic (exact) mass is 1170 g/mol. The van der Waals surface area contributed by atoms with Gasteiger partial charge >= 0.3 is 21.2 Å². The van der Waals surface area contributed by atoms with Crippen LogP contribution in [-0.2, 0) is 74.9 Å². The number of aromatic nitrogens is 2. The summed E-state index contributed by atoms with van der Waals surface area (Å²) in [5.74, 6) is -0.537. The molecule has 3 heterocycles. The number of aliphatic hydroxyl groups excluding tert-OH is 1. The number of carbonyl (C=O) groups excluding carboxylic acids is 1. The molecule has 1 aromatic heterocycles. The lowest BCUT2D eigenvalue weighted by Gasteiger charge is -2.40. The Balaban J connectivity index is 0.906. The second-order valence-corrected chi connectivity index (χ2v) is 21.2. The first kappa shape index (κ1) is 65.6. The zero-order valence-corrected chi connectivity index (χ0v) is 45.2. The van der Waals surface area contributed by atoms with Gasteiger partial charge in [0.15, 0.2) is 17.5 Å². The fraction of sp³-hybridized carbons (Fsp3) is 0.682. The van der Waals surface area contributed by atoms with Crippen molar-refractivity contribution >= 4 is 62.5 Å². The van der Waals surface area contributed by atoms with Crippen molar-refractivity contribution in [1.82, 2.24) is 9.97 Å². The molecule has 1 unspecified atom stereocenters. The maximum atomic E-state index is 13.6. The molecule has 2 saturated heterocycles. The first-order chi connectivity index (χ1) is 37.1. The number of nitrogens with two attached hydrogens (primary N) is 1. The smallest absolute Gasteiger partial charge is 0.342 e. The summed E-state index contributed by atoms with van der Waals surface area (Å²) in [6, 6.07) is 0.824. The molecule has 77 heavy (non-hydrogen) atoms. The van der Waals surface area contributed by atoms with Crippen molar-refractivity contribution in [2.45, 2.75) is 37.4 Å². The SMILES string of the molecule is COP(=O)(CP(=O)(O)OC[C@H]1O[C@@H](Nc2nc(Cl)nc(N3CC(OCCOCCOCCOCCOCC(C=NCCOCCOCCOCCOCCC(=O)Oc4c(F)cc(F)cc4F)=NN)C3)c2C=N)C[C@@H]1O)OC. The lowest BCUT2D eigenvalue weighted by atomic mass is 10.1. The molecule has 0 radical (unpaired) electrons. The molecule has 0 saturated carbocycles. The van der Waals surface area contributed by atoms with Crippen LogP contribution < -0.4 is 20.8 Å². The summed E-state index contributed by atoms with van der Waals surface area (Å²) in [5.41, 5.74) is 0.759.